The fourth-order valence-electron chi connectivity index (χ4n) is 5.20. The van der Waals surface area contributed by atoms with Gasteiger partial charge in [0.15, 0.2) is 6.23 Å². The lowest BCUT2D eigenvalue weighted by molar-refractivity contribution is -0.114. The molecule has 1 aliphatic rings. The Kier molecular flexibility index (Phi) is 8.65. The predicted molar refractivity (Wildman–Crippen MR) is 154 cm³/mol. The second-order valence-electron chi connectivity index (χ2n) is 9.90. The summed E-state index contributed by atoms with van der Waals surface area (Å²) >= 11 is 0. The molecule has 3 atom stereocenters. The molecule has 0 radical (unpaired) electrons. The third-order valence-corrected chi connectivity index (χ3v) is 7.20. The average Bonchev–Trinajstić information content (AvgIpc) is 3.38. The summed E-state index contributed by atoms with van der Waals surface area (Å²) in [5.41, 5.74) is 0.706. The Balaban J connectivity index is 1.48. The van der Waals surface area contributed by atoms with Gasteiger partial charge in [0.1, 0.15) is 29.1 Å². The minimum absolute atomic E-state index is 0.0145. The molecule has 42 heavy (non-hydrogen) atoms. The van der Waals surface area contributed by atoms with Gasteiger partial charge < -0.3 is 24.3 Å². The van der Waals surface area contributed by atoms with Crippen molar-refractivity contribution in [3.05, 3.63) is 118 Å². The van der Waals surface area contributed by atoms with E-state index in [0.717, 1.165) is 21.3 Å². The topological polar surface area (TPSA) is 101 Å². The van der Waals surface area contributed by atoms with E-state index in [1.807, 2.05) is 78.9 Å². The SMILES string of the molecule is COc1ccc(C(OC[C@H]2C[C@H](F)[C@H](n3ccc(NC(C)=O)nc3=O)O2)(c2ccccc2)c2ccc(OC)cc2)cc1. The number of amides is 1. The van der Waals surface area contributed by atoms with Gasteiger partial charge in [-0.15, -0.1) is 0 Å². The molecule has 0 unspecified atom stereocenters. The number of ether oxygens (including phenoxy) is 4. The molecule has 0 spiro atoms. The van der Waals surface area contributed by atoms with Gasteiger partial charge in [-0.2, -0.15) is 4.98 Å². The summed E-state index contributed by atoms with van der Waals surface area (Å²) in [5.74, 6) is 1.11. The third-order valence-electron chi connectivity index (χ3n) is 7.20. The molecule has 3 aromatic carbocycles. The number of hydrogen-bond donors (Lipinski definition) is 1. The molecule has 1 fully saturated rings. The maximum absolute atomic E-state index is 15.3. The Morgan fingerprint density at radius 1 is 0.952 bits per heavy atom. The van der Waals surface area contributed by atoms with Gasteiger partial charge in [0.05, 0.1) is 26.9 Å². The van der Waals surface area contributed by atoms with E-state index in [9.17, 15) is 9.59 Å². The van der Waals surface area contributed by atoms with Crippen LogP contribution in [-0.4, -0.2) is 48.6 Å². The van der Waals surface area contributed by atoms with Crippen LogP contribution in [0.15, 0.2) is 95.9 Å². The van der Waals surface area contributed by atoms with Crippen molar-refractivity contribution >= 4 is 11.7 Å². The molecule has 5 rings (SSSR count). The highest BCUT2D eigenvalue weighted by atomic mass is 19.1. The molecule has 10 heteroatoms. The second-order valence-corrected chi connectivity index (χ2v) is 9.90. The summed E-state index contributed by atoms with van der Waals surface area (Å²) in [6, 6.07) is 26.4. The summed E-state index contributed by atoms with van der Waals surface area (Å²) in [6.45, 7) is 1.33. The molecule has 1 aliphatic heterocycles. The third kappa shape index (κ3) is 5.90. The van der Waals surface area contributed by atoms with E-state index in [2.05, 4.69) is 10.3 Å². The molecule has 9 nitrogen and oxygen atoms in total. The van der Waals surface area contributed by atoms with Crippen molar-refractivity contribution in [3.63, 3.8) is 0 Å². The van der Waals surface area contributed by atoms with Crippen LogP contribution in [0.25, 0.3) is 0 Å². The van der Waals surface area contributed by atoms with Gasteiger partial charge in [0, 0.05) is 19.5 Å². The maximum Gasteiger partial charge on any atom is 0.351 e. The number of nitrogens with one attached hydrogen (secondary N) is 1. The van der Waals surface area contributed by atoms with Gasteiger partial charge in [-0.05, 0) is 47.0 Å². The molecule has 4 aromatic rings. The van der Waals surface area contributed by atoms with Gasteiger partial charge >= 0.3 is 5.69 Å². The summed E-state index contributed by atoms with van der Waals surface area (Å²) < 4.78 is 40.0. The minimum Gasteiger partial charge on any atom is -0.497 e. The number of carbonyl (C=O) groups is 1. The van der Waals surface area contributed by atoms with Crippen LogP contribution in [-0.2, 0) is 19.9 Å². The van der Waals surface area contributed by atoms with Crippen LogP contribution >= 0.6 is 0 Å². The molecular formula is C32H32FN3O6. The molecular weight excluding hydrogens is 541 g/mol. The molecule has 1 saturated heterocycles. The van der Waals surface area contributed by atoms with Crippen molar-refractivity contribution in [2.75, 3.05) is 26.1 Å². The minimum atomic E-state index is -1.47. The van der Waals surface area contributed by atoms with E-state index >= 15 is 4.39 Å². The van der Waals surface area contributed by atoms with Crippen molar-refractivity contribution in [2.45, 2.75) is 37.4 Å². The molecule has 1 amide bonds. The number of anilines is 1. The Morgan fingerprint density at radius 3 is 2.05 bits per heavy atom. The zero-order valence-corrected chi connectivity index (χ0v) is 23.5. The zero-order valence-electron chi connectivity index (χ0n) is 23.5. The highest BCUT2D eigenvalue weighted by Crippen LogP contribution is 2.43. The quantitative estimate of drug-likeness (QED) is 0.271. The molecule has 0 saturated carbocycles. The number of halogens is 1. The summed E-state index contributed by atoms with van der Waals surface area (Å²) in [4.78, 5) is 27.8. The number of benzene rings is 3. The first-order valence-electron chi connectivity index (χ1n) is 13.5. The van der Waals surface area contributed by atoms with E-state index in [4.69, 9.17) is 18.9 Å². The Morgan fingerprint density at radius 2 is 1.52 bits per heavy atom. The van der Waals surface area contributed by atoms with E-state index in [1.165, 1.54) is 19.2 Å². The molecule has 218 valence electrons. The molecule has 1 aromatic heterocycles. The van der Waals surface area contributed by atoms with Gasteiger partial charge in [-0.25, -0.2) is 9.18 Å². The van der Waals surface area contributed by atoms with Gasteiger partial charge in [0.25, 0.3) is 0 Å². The predicted octanol–water partition coefficient (Wildman–Crippen LogP) is 4.85. The number of hydrogen-bond acceptors (Lipinski definition) is 7. The number of aromatic nitrogens is 2. The van der Waals surface area contributed by atoms with E-state index in [1.54, 1.807) is 14.2 Å². The summed E-state index contributed by atoms with van der Waals surface area (Å²) in [5, 5.41) is 2.45. The van der Waals surface area contributed by atoms with E-state index in [-0.39, 0.29) is 24.8 Å². The largest absolute Gasteiger partial charge is 0.497 e. The van der Waals surface area contributed by atoms with Crippen molar-refractivity contribution in [1.82, 2.24) is 9.55 Å². The number of alkyl halides is 1. The van der Waals surface area contributed by atoms with Crippen molar-refractivity contribution in [2.24, 2.45) is 0 Å². The van der Waals surface area contributed by atoms with Crippen LogP contribution in [0.4, 0.5) is 10.2 Å². The number of methoxy groups -OCH3 is 2. The molecule has 0 bridgehead atoms. The van der Waals surface area contributed by atoms with Crippen LogP contribution in [0, 0.1) is 0 Å². The first kappa shape index (κ1) is 29.0. The van der Waals surface area contributed by atoms with Crippen LogP contribution in [0.3, 0.4) is 0 Å². The lowest BCUT2D eigenvalue weighted by atomic mass is 9.80. The van der Waals surface area contributed by atoms with Crippen molar-refractivity contribution in [1.29, 1.82) is 0 Å². The molecule has 0 aliphatic carbocycles. The normalized spacial score (nSPS) is 18.4. The van der Waals surface area contributed by atoms with Crippen molar-refractivity contribution in [3.8, 4) is 11.5 Å². The first-order chi connectivity index (χ1) is 20.3. The number of carbonyl (C=O) groups excluding carboxylic acids is 1. The van der Waals surface area contributed by atoms with Crippen molar-refractivity contribution < 1.29 is 28.1 Å². The maximum atomic E-state index is 15.3. The van der Waals surface area contributed by atoms with Crippen LogP contribution in [0.2, 0.25) is 0 Å². The second kappa shape index (κ2) is 12.5. The zero-order chi connectivity index (χ0) is 29.7. The summed E-state index contributed by atoms with van der Waals surface area (Å²) in [6.07, 6.45) is -1.94. The summed E-state index contributed by atoms with van der Waals surface area (Å²) in [7, 11) is 3.21. The molecule has 1 N–H and O–H groups in total. The van der Waals surface area contributed by atoms with E-state index in [0.29, 0.717) is 11.5 Å². The average molecular weight is 574 g/mol. The Bertz CT molecular complexity index is 1510. The van der Waals surface area contributed by atoms with Gasteiger partial charge in [-0.1, -0.05) is 54.6 Å². The van der Waals surface area contributed by atoms with Gasteiger partial charge in [0.2, 0.25) is 5.91 Å². The van der Waals surface area contributed by atoms with E-state index < -0.39 is 29.8 Å². The lowest BCUT2D eigenvalue weighted by Gasteiger charge is -2.37. The smallest absolute Gasteiger partial charge is 0.351 e. The Labute approximate surface area is 242 Å². The lowest BCUT2D eigenvalue weighted by Crippen LogP contribution is -2.36. The highest BCUT2D eigenvalue weighted by molar-refractivity contribution is 5.87. The number of nitrogens with zero attached hydrogens (tertiary/aromatic N) is 2. The molecule has 2 heterocycles. The van der Waals surface area contributed by atoms with Crippen LogP contribution in [0.1, 0.15) is 36.3 Å². The monoisotopic (exact) mass is 573 g/mol. The number of rotatable bonds is 10. The van der Waals surface area contributed by atoms with Crippen LogP contribution < -0.4 is 20.5 Å². The standard InChI is InChI=1S/C32H32FN3O6/c1-21(37)34-29-17-18-36(31(38)35-29)30-28(33)19-27(42-30)20-41-32(22-7-5-4-6-8-22,23-9-13-25(39-2)14-10-23)24-11-15-26(40-3)16-12-24/h4-18,27-28,30H,19-20H2,1-3H3,(H,34,35,37,38)/t27-,28+,30-/m1/s1. The fraction of sp³-hybridized carbons (Fsp3) is 0.281. The Hall–Kier alpha value is -4.54. The first-order valence-corrected chi connectivity index (χ1v) is 13.5. The van der Waals surface area contributed by atoms with Crippen LogP contribution in [0.5, 0.6) is 11.5 Å². The fourth-order valence-corrected chi connectivity index (χ4v) is 5.20. The highest BCUT2D eigenvalue weighted by Gasteiger charge is 2.42. The van der Waals surface area contributed by atoms with Gasteiger partial charge in [-0.3, -0.25) is 9.36 Å².